The molecule has 0 spiro atoms. The highest BCUT2D eigenvalue weighted by atomic mass is 32.2. The Labute approximate surface area is 111 Å². The van der Waals surface area contributed by atoms with Gasteiger partial charge in [0.05, 0.1) is 12.7 Å². The van der Waals surface area contributed by atoms with Gasteiger partial charge in [-0.25, -0.2) is 8.78 Å². The van der Waals surface area contributed by atoms with E-state index in [2.05, 4.69) is 15.2 Å². The van der Waals surface area contributed by atoms with Crippen LogP contribution in [-0.2, 0) is 0 Å². The number of halogens is 2. The fourth-order valence-electron chi connectivity index (χ4n) is 1.50. The summed E-state index contributed by atoms with van der Waals surface area (Å²) in [5.41, 5.74) is -0.246. The lowest BCUT2D eigenvalue weighted by Gasteiger charge is -2.07. The number of nitrogens with one attached hydrogen (secondary N) is 1. The standard InChI is InChI=1S/C11H9F2N3O2S/c1-18-9-6(3-5(12)4-7(9)13)8(17)10-14-11(19-2)16-15-10/h3-4H,1-2H3,(H,14,15,16). The minimum atomic E-state index is -0.949. The Balaban J connectivity index is 2.48. The Hall–Kier alpha value is -1.96. The van der Waals surface area contributed by atoms with Crippen LogP contribution in [0.15, 0.2) is 17.3 Å². The van der Waals surface area contributed by atoms with Gasteiger partial charge in [-0.1, -0.05) is 11.8 Å². The number of ketones is 1. The zero-order valence-corrected chi connectivity index (χ0v) is 10.8. The number of ether oxygens (including phenoxy) is 1. The van der Waals surface area contributed by atoms with E-state index in [-0.39, 0.29) is 17.1 Å². The third-order valence-corrected chi connectivity index (χ3v) is 2.90. The van der Waals surface area contributed by atoms with Crippen molar-refractivity contribution < 1.29 is 18.3 Å². The second-order valence-corrected chi connectivity index (χ2v) is 4.28. The molecule has 2 rings (SSSR count). The average molecular weight is 285 g/mol. The highest BCUT2D eigenvalue weighted by molar-refractivity contribution is 7.98. The molecule has 1 aromatic carbocycles. The normalized spacial score (nSPS) is 10.5. The average Bonchev–Trinajstić information content (AvgIpc) is 2.85. The predicted molar refractivity (Wildman–Crippen MR) is 64.5 cm³/mol. The van der Waals surface area contributed by atoms with E-state index in [1.165, 1.54) is 18.9 Å². The summed E-state index contributed by atoms with van der Waals surface area (Å²) in [6, 6.07) is 1.54. The summed E-state index contributed by atoms with van der Waals surface area (Å²) in [6.45, 7) is 0. The maximum atomic E-state index is 13.5. The first-order chi connectivity index (χ1) is 9.06. The Morgan fingerprint density at radius 3 is 2.68 bits per heavy atom. The van der Waals surface area contributed by atoms with Crippen molar-refractivity contribution in [2.45, 2.75) is 5.16 Å². The number of rotatable bonds is 4. The van der Waals surface area contributed by atoms with Crippen LogP contribution in [0.4, 0.5) is 8.78 Å². The fraction of sp³-hybridized carbons (Fsp3) is 0.182. The van der Waals surface area contributed by atoms with Crippen molar-refractivity contribution in [3.63, 3.8) is 0 Å². The van der Waals surface area contributed by atoms with Crippen LogP contribution in [-0.4, -0.2) is 34.3 Å². The van der Waals surface area contributed by atoms with Gasteiger partial charge in [-0.2, -0.15) is 0 Å². The molecule has 8 heteroatoms. The van der Waals surface area contributed by atoms with Crippen molar-refractivity contribution in [3.05, 3.63) is 35.2 Å². The third-order valence-electron chi connectivity index (χ3n) is 2.33. The van der Waals surface area contributed by atoms with Gasteiger partial charge in [0.2, 0.25) is 11.6 Å². The molecular weight excluding hydrogens is 276 g/mol. The van der Waals surface area contributed by atoms with Gasteiger partial charge < -0.3 is 9.72 Å². The van der Waals surface area contributed by atoms with Crippen molar-refractivity contribution in [3.8, 4) is 5.75 Å². The molecule has 100 valence electrons. The first-order valence-corrected chi connectivity index (χ1v) is 6.33. The van der Waals surface area contributed by atoms with E-state index in [1.807, 2.05) is 0 Å². The molecular formula is C11H9F2N3O2S. The summed E-state index contributed by atoms with van der Waals surface area (Å²) in [4.78, 5) is 14.7. The minimum absolute atomic E-state index is 0.104. The number of hydrogen-bond acceptors (Lipinski definition) is 5. The molecule has 0 aliphatic heterocycles. The zero-order chi connectivity index (χ0) is 14.0. The number of benzene rings is 1. The van der Waals surface area contributed by atoms with Crippen molar-refractivity contribution in [1.29, 1.82) is 0 Å². The number of methoxy groups -OCH3 is 1. The topological polar surface area (TPSA) is 67.9 Å². The van der Waals surface area contributed by atoms with Crippen molar-refractivity contribution >= 4 is 17.5 Å². The molecule has 0 atom stereocenters. The van der Waals surface area contributed by atoms with Crippen molar-refractivity contribution in [1.82, 2.24) is 15.2 Å². The molecule has 0 fully saturated rings. The summed E-state index contributed by atoms with van der Waals surface area (Å²) in [6.07, 6.45) is 1.75. The molecule has 19 heavy (non-hydrogen) atoms. The Morgan fingerprint density at radius 1 is 1.37 bits per heavy atom. The van der Waals surface area contributed by atoms with Crippen LogP contribution in [0.25, 0.3) is 0 Å². The molecule has 0 radical (unpaired) electrons. The molecule has 0 unspecified atom stereocenters. The number of H-pyrrole nitrogens is 1. The van der Waals surface area contributed by atoms with Gasteiger partial charge >= 0.3 is 0 Å². The summed E-state index contributed by atoms with van der Waals surface area (Å²) in [5.74, 6) is -2.94. The number of aromatic amines is 1. The molecule has 5 nitrogen and oxygen atoms in total. The third kappa shape index (κ3) is 2.58. The van der Waals surface area contributed by atoms with Gasteiger partial charge in [-0.05, 0) is 12.3 Å². The SMILES string of the molecule is COc1c(F)cc(F)cc1C(=O)c1nnc(SC)[nH]1. The number of nitrogens with zero attached hydrogens (tertiary/aromatic N) is 2. The molecule has 0 bridgehead atoms. The largest absolute Gasteiger partial charge is 0.493 e. The Morgan fingerprint density at radius 2 is 2.11 bits per heavy atom. The Bertz CT molecular complexity index is 630. The molecule has 0 aliphatic carbocycles. The van der Waals surface area contributed by atoms with E-state index in [1.54, 1.807) is 6.26 Å². The van der Waals surface area contributed by atoms with Gasteiger partial charge in [-0.3, -0.25) is 4.79 Å². The molecule has 0 aliphatic rings. The van der Waals surface area contributed by atoms with Crippen LogP contribution >= 0.6 is 11.8 Å². The molecule has 1 aromatic heterocycles. The number of thioether (sulfide) groups is 1. The van der Waals surface area contributed by atoms with Gasteiger partial charge in [0.15, 0.2) is 16.7 Å². The number of hydrogen-bond donors (Lipinski definition) is 1. The lowest BCUT2D eigenvalue weighted by atomic mass is 10.1. The number of aromatic nitrogens is 3. The molecule has 1 heterocycles. The molecule has 1 N–H and O–H groups in total. The van der Waals surface area contributed by atoms with Gasteiger partial charge in [-0.15, -0.1) is 10.2 Å². The first kappa shape index (κ1) is 13.5. The smallest absolute Gasteiger partial charge is 0.234 e. The van der Waals surface area contributed by atoms with Crippen LogP contribution in [0.5, 0.6) is 5.75 Å². The van der Waals surface area contributed by atoms with Gasteiger partial charge in [0.25, 0.3) is 0 Å². The summed E-state index contributed by atoms with van der Waals surface area (Å²) in [7, 11) is 1.20. The summed E-state index contributed by atoms with van der Waals surface area (Å²) in [5, 5.41) is 7.74. The lowest BCUT2D eigenvalue weighted by molar-refractivity contribution is 0.102. The van der Waals surface area contributed by atoms with Gasteiger partial charge in [0.1, 0.15) is 5.82 Å². The van der Waals surface area contributed by atoms with E-state index in [4.69, 9.17) is 4.74 Å². The molecule has 2 aromatic rings. The van der Waals surface area contributed by atoms with Crippen LogP contribution < -0.4 is 4.74 Å². The lowest BCUT2D eigenvalue weighted by Crippen LogP contribution is -2.08. The number of carbonyl (C=O) groups is 1. The van der Waals surface area contributed by atoms with Gasteiger partial charge in [0, 0.05) is 6.07 Å². The maximum absolute atomic E-state index is 13.5. The zero-order valence-electron chi connectivity index (χ0n) is 10.0. The first-order valence-electron chi connectivity index (χ1n) is 5.11. The minimum Gasteiger partial charge on any atom is -0.493 e. The predicted octanol–water partition coefficient (Wildman–Crippen LogP) is 2.04. The molecule has 0 saturated carbocycles. The van der Waals surface area contributed by atoms with E-state index in [9.17, 15) is 13.6 Å². The maximum Gasteiger partial charge on any atom is 0.234 e. The van der Waals surface area contributed by atoms with Crippen LogP contribution in [0.2, 0.25) is 0 Å². The molecule has 0 saturated heterocycles. The fourth-order valence-corrected chi connectivity index (χ4v) is 1.83. The van der Waals surface area contributed by atoms with E-state index >= 15 is 0 Å². The monoisotopic (exact) mass is 285 g/mol. The molecule has 0 amide bonds. The second-order valence-electron chi connectivity index (χ2n) is 3.48. The summed E-state index contributed by atoms with van der Waals surface area (Å²) < 4.78 is 31.5. The summed E-state index contributed by atoms with van der Waals surface area (Å²) >= 11 is 1.26. The number of carbonyl (C=O) groups excluding carboxylic acids is 1. The Kier molecular flexibility index (Phi) is 3.79. The van der Waals surface area contributed by atoms with Crippen molar-refractivity contribution in [2.24, 2.45) is 0 Å². The van der Waals surface area contributed by atoms with E-state index < -0.39 is 17.4 Å². The highest BCUT2D eigenvalue weighted by Gasteiger charge is 2.22. The van der Waals surface area contributed by atoms with E-state index in [0.717, 1.165) is 6.07 Å². The van der Waals surface area contributed by atoms with Crippen LogP contribution in [0, 0.1) is 11.6 Å². The highest BCUT2D eigenvalue weighted by Crippen LogP contribution is 2.26. The van der Waals surface area contributed by atoms with E-state index in [0.29, 0.717) is 11.2 Å². The van der Waals surface area contributed by atoms with Crippen LogP contribution in [0.3, 0.4) is 0 Å². The van der Waals surface area contributed by atoms with Crippen LogP contribution in [0.1, 0.15) is 16.2 Å². The second kappa shape index (κ2) is 5.35. The van der Waals surface area contributed by atoms with Crippen molar-refractivity contribution in [2.75, 3.05) is 13.4 Å². The quantitative estimate of drug-likeness (QED) is 0.688.